The van der Waals surface area contributed by atoms with Gasteiger partial charge in [0.1, 0.15) is 5.75 Å². The van der Waals surface area contributed by atoms with Crippen molar-refractivity contribution in [3.8, 4) is 5.75 Å². The fourth-order valence-corrected chi connectivity index (χ4v) is 2.40. The average molecular weight is 262 g/mol. The van der Waals surface area contributed by atoms with E-state index in [-0.39, 0.29) is 5.91 Å². The minimum Gasteiger partial charge on any atom is -0.492 e. The van der Waals surface area contributed by atoms with Crippen molar-refractivity contribution in [1.29, 1.82) is 0 Å². The molecule has 1 fully saturated rings. The van der Waals surface area contributed by atoms with Gasteiger partial charge in [-0.25, -0.2) is 0 Å². The smallest absolute Gasteiger partial charge is 0.220 e. The number of nitrogens with zero attached hydrogens (tertiary/aromatic N) is 1. The van der Waals surface area contributed by atoms with Crippen LogP contribution < -0.4 is 10.1 Å². The van der Waals surface area contributed by atoms with E-state index in [0.717, 1.165) is 25.0 Å². The molecule has 0 atom stereocenters. The Labute approximate surface area is 114 Å². The van der Waals surface area contributed by atoms with Crippen molar-refractivity contribution >= 4 is 5.91 Å². The Kier molecular flexibility index (Phi) is 5.66. The van der Waals surface area contributed by atoms with E-state index in [0.29, 0.717) is 19.1 Å². The molecule has 0 aliphatic heterocycles. The van der Waals surface area contributed by atoms with Crippen LogP contribution in [-0.2, 0) is 4.79 Å². The molecule has 0 unspecified atom stereocenters. The average Bonchev–Trinajstić information content (AvgIpc) is 2.46. The largest absolute Gasteiger partial charge is 0.492 e. The first-order valence-electron chi connectivity index (χ1n) is 7.17. The van der Waals surface area contributed by atoms with E-state index in [1.807, 2.05) is 12.1 Å². The molecule has 1 N–H and O–H groups in total. The van der Waals surface area contributed by atoms with Crippen LogP contribution in [0.1, 0.15) is 44.9 Å². The van der Waals surface area contributed by atoms with E-state index in [9.17, 15) is 4.79 Å². The summed E-state index contributed by atoms with van der Waals surface area (Å²) in [6.07, 6.45) is 10.8. The van der Waals surface area contributed by atoms with Crippen LogP contribution in [0.5, 0.6) is 5.75 Å². The van der Waals surface area contributed by atoms with Crippen LogP contribution in [0.25, 0.3) is 0 Å². The van der Waals surface area contributed by atoms with E-state index in [1.54, 1.807) is 12.4 Å². The molecule has 2 rings (SSSR count). The highest BCUT2D eigenvalue weighted by molar-refractivity contribution is 5.76. The lowest BCUT2D eigenvalue weighted by Gasteiger charge is -2.22. The van der Waals surface area contributed by atoms with Gasteiger partial charge in [-0.15, -0.1) is 0 Å². The molecular weight excluding hydrogens is 240 g/mol. The van der Waals surface area contributed by atoms with Gasteiger partial charge in [0.25, 0.3) is 0 Å². The minimum absolute atomic E-state index is 0.154. The lowest BCUT2D eigenvalue weighted by atomic mass is 9.95. The third-order valence-corrected chi connectivity index (χ3v) is 3.42. The Hall–Kier alpha value is -1.58. The third-order valence-electron chi connectivity index (χ3n) is 3.42. The maximum Gasteiger partial charge on any atom is 0.220 e. The predicted octanol–water partition coefficient (Wildman–Crippen LogP) is 2.69. The molecule has 1 saturated carbocycles. The van der Waals surface area contributed by atoms with Crippen molar-refractivity contribution in [2.45, 2.75) is 51.0 Å². The fraction of sp³-hybridized carbons (Fsp3) is 0.600. The normalized spacial score (nSPS) is 16.0. The first-order valence-corrected chi connectivity index (χ1v) is 7.17. The zero-order chi connectivity index (χ0) is 13.3. The molecular formula is C15H22N2O2. The van der Waals surface area contributed by atoms with Crippen molar-refractivity contribution in [3.63, 3.8) is 0 Å². The summed E-state index contributed by atoms with van der Waals surface area (Å²) in [4.78, 5) is 15.7. The van der Waals surface area contributed by atoms with Crippen LogP contribution in [0.3, 0.4) is 0 Å². The molecule has 1 heterocycles. The highest BCUT2D eigenvalue weighted by atomic mass is 16.5. The number of hydrogen-bond donors (Lipinski definition) is 1. The van der Waals surface area contributed by atoms with Crippen molar-refractivity contribution in [3.05, 3.63) is 24.5 Å². The van der Waals surface area contributed by atoms with Crippen LogP contribution >= 0.6 is 0 Å². The number of rotatable bonds is 6. The zero-order valence-electron chi connectivity index (χ0n) is 11.3. The number of carbonyl (C=O) groups is 1. The number of pyridine rings is 1. The Morgan fingerprint density at radius 3 is 2.95 bits per heavy atom. The highest BCUT2D eigenvalue weighted by Crippen LogP contribution is 2.17. The topological polar surface area (TPSA) is 51.2 Å². The van der Waals surface area contributed by atoms with E-state index in [4.69, 9.17) is 4.74 Å². The molecule has 1 aliphatic carbocycles. The number of nitrogens with one attached hydrogen (secondary N) is 1. The van der Waals surface area contributed by atoms with Crippen LogP contribution in [0, 0.1) is 0 Å². The molecule has 104 valence electrons. The monoisotopic (exact) mass is 262 g/mol. The molecule has 4 heteroatoms. The maximum atomic E-state index is 11.7. The Balaban J connectivity index is 1.56. The second kappa shape index (κ2) is 7.77. The molecule has 0 aromatic carbocycles. The lowest BCUT2D eigenvalue weighted by molar-refractivity contribution is -0.122. The Bertz CT molecular complexity index is 375. The van der Waals surface area contributed by atoms with Crippen molar-refractivity contribution in [1.82, 2.24) is 10.3 Å². The second-order valence-corrected chi connectivity index (χ2v) is 5.04. The van der Waals surface area contributed by atoms with Crippen LogP contribution in [0.4, 0.5) is 0 Å². The summed E-state index contributed by atoms with van der Waals surface area (Å²) < 4.78 is 5.50. The number of amides is 1. The number of aromatic nitrogens is 1. The molecule has 19 heavy (non-hydrogen) atoms. The van der Waals surface area contributed by atoms with Gasteiger partial charge < -0.3 is 10.1 Å². The van der Waals surface area contributed by atoms with Crippen molar-refractivity contribution < 1.29 is 9.53 Å². The summed E-state index contributed by atoms with van der Waals surface area (Å²) in [5.74, 6) is 0.914. The van der Waals surface area contributed by atoms with Gasteiger partial charge in [0.2, 0.25) is 5.91 Å². The highest BCUT2D eigenvalue weighted by Gasteiger charge is 2.15. The SMILES string of the molecule is O=C(CCCOc1cccnc1)NC1CCCCC1. The van der Waals surface area contributed by atoms with Crippen molar-refractivity contribution in [2.75, 3.05) is 6.61 Å². The molecule has 0 bridgehead atoms. The van der Waals surface area contributed by atoms with Crippen molar-refractivity contribution in [2.24, 2.45) is 0 Å². The quantitative estimate of drug-likeness (QED) is 0.802. The summed E-state index contributed by atoms with van der Waals surface area (Å²) in [6.45, 7) is 0.559. The van der Waals surface area contributed by atoms with E-state index in [2.05, 4.69) is 10.3 Å². The van der Waals surface area contributed by atoms with Crippen LogP contribution in [-0.4, -0.2) is 23.5 Å². The molecule has 1 aromatic heterocycles. The van der Waals surface area contributed by atoms with E-state index in [1.165, 1.54) is 19.3 Å². The zero-order valence-corrected chi connectivity index (χ0v) is 11.3. The van der Waals surface area contributed by atoms with Gasteiger partial charge in [-0.3, -0.25) is 9.78 Å². The maximum absolute atomic E-state index is 11.7. The van der Waals surface area contributed by atoms with Gasteiger partial charge in [0.05, 0.1) is 12.8 Å². The number of ether oxygens (including phenoxy) is 1. The van der Waals surface area contributed by atoms with Gasteiger partial charge in [-0.2, -0.15) is 0 Å². The molecule has 1 amide bonds. The van der Waals surface area contributed by atoms with E-state index >= 15 is 0 Å². The summed E-state index contributed by atoms with van der Waals surface area (Å²) in [6, 6.07) is 4.11. The van der Waals surface area contributed by atoms with Gasteiger partial charge in [-0.1, -0.05) is 19.3 Å². The van der Waals surface area contributed by atoms with Crippen LogP contribution in [0.15, 0.2) is 24.5 Å². The molecule has 1 aromatic rings. The van der Waals surface area contributed by atoms with E-state index < -0.39 is 0 Å². The molecule has 1 aliphatic rings. The molecule has 0 radical (unpaired) electrons. The minimum atomic E-state index is 0.154. The predicted molar refractivity (Wildman–Crippen MR) is 74.0 cm³/mol. The Morgan fingerprint density at radius 1 is 1.37 bits per heavy atom. The van der Waals surface area contributed by atoms with Gasteiger partial charge >= 0.3 is 0 Å². The molecule has 0 saturated heterocycles. The van der Waals surface area contributed by atoms with Gasteiger partial charge in [0, 0.05) is 18.7 Å². The van der Waals surface area contributed by atoms with Gasteiger partial charge in [-0.05, 0) is 31.4 Å². The lowest BCUT2D eigenvalue weighted by Crippen LogP contribution is -2.36. The number of hydrogen-bond acceptors (Lipinski definition) is 3. The molecule has 4 nitrogen and oxygen atoms in total. The summed E-state index contributed by atoms with van der Waals surface area (Å²) >= 11 is 0. The third kappa shape index (κ3) is 5.28. The van der Waals surface area contributed by atoms with Crippen LogP contribution in [0.2, 0.25) is 0 Å². The number of carbonyl (C=O) groups excluding carboxylic acids is 1. The molecule has 0 spiro atoms. The second-order valence-electron chi connectivity index (χ2n) is 5.04. The summed E-state index contributed by atoms with van der Waals surface area (Å²) in [5, 5.41) is 3.11. The summed E-state index contributed by atoms with van der Waals surface area (Å²) in [5.41, 5.74) is 0. The standard InChI is InChI=1S/C15H22N2O2/c18-15(17-13-6-2-1-3-7-13)9-5-11-19-14-8-4-10-16-12-14/h4,8,10,12-13H,1-3,5-7,9,11H2,(H,17,18). The fourth-order valence-electron chi connectivity index (χ4n) is 2.40. The summed E-state index contributed by atoms with van der Waals surface area (Å²) in [7, 11) is 0. The first kappa shape index (κ1) is 13.8. The first-order chi connectivity index (χ1) is 9.34. The van der Waals surface area contributed by atoms with Gasteiger partial charge in [0.15, 0.2) is 0 Å². The Morgan fingerprint density at radius 2 is 2.21 bits per heavy atom.